The van der Waals surface area contributed by atoms with Gasteiger partial charge in [0.25, 0.3) is 5.91 Å². The van der Waals surface area contributed by atoms with Crippen LogP contribution < -0.4 is 9.80 Å². The van der Waals surface area contributed by atoms with Crippen molar-refractivity contribution in [2.45, 2.75) is 69.2 Å². The van der Waals surface area contributed by atoms with Crippen LogP contribution in [-0.2, 0) is 44.2 Å². The summed E-state index contributed by atoms with van der Waals surface area (Å²) < 4.78 is 12.0. The third kappa shape index (κ3) is 5.25. The van der Waals surface area contributed by atoms with E-state index in [1.807, 2.05) is 92.8 Å². The number of fused-ring (bicyclic) bond motifs is 3. The fourth-order valence-electron chi connectivity index (χ4n) is 8.35. The van der Waals surface area contributed by atoms with Gasteiger partial charge in [-0.25, -0.2) is 4.79 Å². The molecule has 1 spiro atoms. The number of nitrogens with zero attached hydrogens (tertiary/aromatic N) is 3. The summed E-state index contributed by atoms with van der Waals surface area (Å²) in [6, 6.07) is 22.7. The van der Waals surface area contributed by atoms with Crippen LogP contribution in [0.2, 0.25) is 18.6 Å². The summed E-state index contributed by atoms with van der Waals surface area (Å²) in [6.45, 7) is 6.95. The van der Waals surface area contributed by atoms with Crippen LogP contribution >= 0.6 is 0 Å². The van der Waals surface area contributed by atoms with E-state index in [1.165, 1.54) is 0 Å². The van der Waals surface area contributed by atoms with Gasteiger partial charge in [0.15, 0.2) is 13.9 Å². The third-order valence-corrected chi connectivity index (χ3v) is 13.0. The summed E-state index contributed by atoms with van der Waals surface area (Å²) in [5, 5.41) is 10.2. The smallest absolute Gasteiger partial charge is 0.414 e. The minimum Gasteiger partial charge on any atom is -0.447 e. The lowest BCUT2D eigenvalue weighted by Gasteiger charge is -2.37. The van der Waals surface area contributed by atoms with Crippen molar-refractivity contribution in [1.82, 2.24) is 4.90 Å². The SMILES string of the molecule is C[C@@H]1[C@@H]([Si](C)(C)O)[C@H](CC(=O)N2Cc3ccccc3C[C@H]2CO)O[C@@]12C(=O)N(Cc1cccc(N3CCOC3=O)c1)c1ccccc12. The molecule has 0 aromatic heterocycles. The number of carbonyl (C=O) groups is 3. The van der Waals surface area contributed by atoms with Gasteiger partial charge < -0.3 is 29.2 Å². The van der Waals surface area contributed by atoms with Gasteiger partial charge in [-0.1, -0.05) is 61.5 Å². The van der Waals surface area contributed by atoms with Gasteiger partial charge in [0.2, 0.25) is 5.91 Å². The van der Waals surface area contributed by atoms with E-state index < -0.39 is 37.6 Å². The molecule has 3 aromatic carbocycles. The monoisotopic (exact) mass is 655 g/mol. The van der Waals surface area contributed by atoms with Gasteiger partial charge in [-0.3, -0.25) is 14.5 Å². The van der Waals surface area contributed by atoms with Crippen LogP contribution in [0.4, 0.5) is 16.2 Å². The Kier molecular flexibility index (Phi) is 7.98. The molecule has 0 saturated carbocycles. The molecular formula is C36H41N3O7Si. The Morgan fingerprint density at radius 1 is 1.02 bits per heavy atom. The van der Waals surface area contributed by atoms with Crippen LogP contribution in [0.3, 0.4) is 0 Å². The number of aliphatic hydroxyl groups is 1. The van der Waals surface area contributed by atoms with Gasteiger partial charge in [-0.2, -0.15) is 0 Å². The number of cyclic esters (lactones) is 1. The van der Waals surface area contributed by atoms with Crippen LogP contribution in [0.1, 0.15) is 35.6 Å². The Hall–Kier alpha value is -4.03. The van der Waals surface area contributed by atoms with Crippen molar-refractivity contribution in [3.63, 3.8) is 0 Å². The number of amides is 3. The first kappa shape index (κ1) is 31.6. The molecule has 3 amide bonds. The topological polar surface area (TPSA) is 120 Å². The fraction of sp³-hybridized carbons (Fsp3) is 0.417. The molecule has 2 N–H and O–H groups in total. The Labute approximate surface area is 275 Å². The van der Waals surface area contributed by atoms with E-state index >= 15 is 0 Å². The number of hydrogen-bond acceptors (Lipinski definition) is 7. The minimum absolute atomic E-state index is 0.00413. The second-order valence-corrected chi connectivity index (χ2v) is 17.7. The summed E-state index contributed by atoms with van der Waals surface area (Å²) in [5.41, 5.74) is 3.41. The molecule has 4 heterocycles. The maximum Gasteiger partial charge on any atom is 0.414 e. The highest BCUT2D eigenvalue weighted by atomic mass is 28.4. The van der Waals surface area contributed by atoms with E-state index in [0.29, 0.717) is 31.8 Å². The summed E-state index contributed by atoms with van der Waals surface area (Å²) >= 11 is 0. The lowest BCUT2D eigenvalue weighted by Crippen LogP contribution is -2.48. The van der Waals surface area contributed by atoms with Crippen molar-refractivity contribution in [3.8, 4) is 0 Å². The third-order valence-electron chi connectivity index (χ3n) is 10.5. The molecule has 4 aliphatic rings. The standard InChI is InChI=1S/C36H41N3O7Si/c1-23-33(47(2,3)44)31(19-32(41)38-21-26-11-5-4-10-25(26)18-28(38)22-40)46-36(23)29-13-6-7-14-30(29)39(34(36)42)20-24-9-8-12-27(17-24)37-15-16-45-35(37)43/h4-14,17,23,28,31,33,40,44H,15-16,18-22H2,1-3H3/t23-,28+,31+,33-,36+/m1/s1. The normalized spacial score (nSPS) is 27.0. The van der Waals surface area contributed by atoms with E-state index in [2.05, 4.69) is 0 Å². The minimum atomic E-state index is -2.98. The molecule has 11 heteroatoms. The quantitative estimate of drug-likeness (QED) is 0.364. The first-order valence-corrected chi connectivity index (χ1v) is 19.4. The predicted octanol–water partition coefficient (Wildman–Crippen LogP) is 4.32. The number of benzene rings is 3. The highest BCUT2D eigenvalue weighted by molar-refractivity contribution is 6.71. The molecule has 10 nitrogen and oxygen atoms in total. The summed E-state index contributed by atoms with van der Waals surface area (Å²) in [5.74, 6) is -0.800. The van der Waals surface area contributed by atoms with E-state index in [4.69, 9.17) is 9.47 Å². The molecule has 47 heavy (non-hydrogen) atoms. The molecule has 4 aliphatic heterocycles. The van der Waals surface area contributed by atoms with E-state index in [9.17, 15) is 24.3 Å². The maximum absolute atomic E-state index is 14.8. The van der Waals surface area contributed by atoms with Crippen LogP contribution in [0, 0.1) is 5.92 Å². The van der Waals surface area contributed by atoms with Crippen molar-refractivity contribution in [3.05, 3.63) is 95.1 Å². The number of anilines is 2. The Morgan fingerprint density at radius 2 is 1.77 bits per heavy atom. The van der Waals surface area contributed by atoms with Crippen molar-refractivity contribution in [1.29, 1.82) is 0 Å². The molecule has 0 bridgehead atoms. The van der Waals surface area contributed by atoms with Gasteiger partial charge in [0.1, 0.15) is 6.61 Å². The zero-order valence-electron chi connectivity index (χ0n) is 27.0. The lowest BCUT2D eigenvalue weighted by atomic mass is 9.82. The van der Waals surface area contributed by atoms with Gasteiger partial charge >= 0.3 is 6.09 Å². The van der Waals surface area contributed by atoms with Crippen LogP contribution in [0.5, 0.6) is 0 Å². The number of carbonyl (C=O) groups excluding carboxylic acids is 3. The summed E-state index contributed by atoms with van der Waals surface area (Å²) in [6.07, 6.45) is -0.523. The van der Waals surface area contributed by atoms with Crippen molar-refractivity contribution < 1.29 is 33.8 Å². The van der Waals surface area contributed by atoms with E-state index in [1.54, 1.807) is 14.7 Å². The second kappa shape index (κ2) is 11.9. The molecule has 3 aromatic rings. The van der Waals surface area contributed by atoms with E-state index in [0.717, 1.165) is 27.9 Å². The Morgan fingerprint density at radius 3 is 2.49 bits per heavy atom. The largest absolute Gasteiger partial charge is 0.447 e. The molecule has 5 atom stereocenters. The molecule has 7 rings (SSSR count). The summed E-state index contributed by atoms with van der Waals surface area (Å²) in [4.78, 5) is 57.7. The molecule has 0 aliphatic carbocycles. The molecular weight excluding hydrogens is 614 g/mol. The first-order valence-electron chi connectivity index (χ1n) is 16.3. The van der Waals surface area contributed by atoms with Gasteiger partial charge in [-0.05, 0) is 54.4 Å². The van der Waals surface area contributed by atoms with Gasteiger partial charge in [0.05, 0.1) is 44.0 Å². The van der Waals surface area contributed by atoms with Crippen LogP contribution in [0.25, 0.3) is 0 Å². The first-order chi connectivity index (χ1) is 22.5. The molecule has 2 saturated heterocycles. The average molecular weight is 656 g/mol. The molecule has 246 valence electrons. The maximum atomic E-state index is 14.8. The molecule has 0 radical (unpaired) electrons. The summed E-state index contributed by atoms with van der Waals surface area (Å²) in [7, 11) is -2.98. The van der Waals surface area contributed by atoms with Crippen molar-refractivity contribution in [2.24, 2.45) is 5.92 Å². The van der Waals surface area contributed by atoms with Crippen molar-refractivity contribution in [2.75, 3.05) is 29.6 Å². The number of hydrogen-bond donors (Lipinski definition) is 2. The van der Waals surface area contributed by atoms with Gasteiger partial charge in [0, 0.05) is 29.3 Å². The fourth-order valence-corrected chi connectivity index (χ4v) is 10.9. The Bertz CT molecular complexity index is 1730. The highest BCUT2D eigenvalue weighted by Gasteiger charge is 2.66. The van der Waals surface area contributed by atoms with Crippen molar-refractivity contribution >= 4 is 37.6 Å². The van der Waals surface area contributed by atoms with Crippen LogP contribution in [0.15, 0.2) is 72.8 Å². The van der Waals surface area contributed by atoms with Crippen LogP contribution in [-0.4, -0.2) is 72.9 Å². The molecule has 0 unspecified atom stereocenters. The van der Waals surface area contributed by atoms with Gasteiger partial charge in [-0.15, -0.1) is 0 Å². The predicted molar refractivity (Wildman–Crippen MR) is 178 cm³/mol. The number of ether oxygens (including phenoxy) is 2. The number of aliphatic hydroxyl groups excluding tert-OH is 1. The number of para-hydroxylation sites is 1. The highest BCUT2D eigenvalue weighted by Crippen LogP contribution is 2.59. The average Bonchev–Trinajstić information content (AvgIpc) is 3.69. The second-order valence-electron chi connectivity index (χ2n) is 13.7. The van der Waals surface area contributed by atoms with E-state index in [-0.39, 0.29) is 37.4 Å². The zero-order chi connectivity index (χ0) is 33.1. The lowest BCUT2D eigenvalue weighted by molar-refractivity contribution is -0.151. The zero-order valence-corrected chi connectivity index (χ0v) is 28.0. The number of rotatable bonds is 7. The Balaban J connectivity index is 1.20. The molecule has 2 fully saturated rings.